The standard InChI is InChI=1S/C24H28Cl4N2O2S/c1-3-5-10-29-24(32)22(4-2)30(13-16-6-9-19(26)21(28)11-16)23(31)15-33-14-17-7-8-18(25)12-20(17)27/h6-9,11-12,22H,3-5,10,13-15H2,1-2H3,(H,29,32)/t22-/m1/s1. The number of nitrogens with zero attached hydrogens (tertiary/aromatic N) is 1. The number of thioether (sulfide) groups is 1. The highest BCUT2D eigenvalue weighted by molar-refractivity contribution is 7.99. The SMILES string of the molecule is CCCCNC(=O)[C@@H](CC)N(Cc1ccc(Cl)c(Cl)c1)C(=O)CSCc1ccc(Cl)cc1Cl. The fourth-order valence-corrected chi connectivity index (χ4v) is 5.02. The second-order valence-electron chi connectivity index (χ2n) is 7.57. The van der Waals surface area contributed by atoms with Crippen LogP contribution in [0, 0.1) is 0 Å². The quantitative estimate of drug-likeness (QED) is 0.283. The molecule has 2 amide bonds. The van der Waals surface area contributed by atoms with Gasteiger partial charge in [-0.15, -0.1) is 11.8 Å². The van der Waals surface area contributed by atoms with Crippen molar-refractivity contribution in [3.05, 3.63) is 67.6 Å². The van der Waals surface area contributed by atoms with Gasteiger partial charge in [0, 0.05) is 28.9 Å². The molecule has 0 radical (unpaired) electrons. The summed E-state index contributed by atoms with van der Waals surface area (Å²) in [5.41, 5.74) is 1.71. The van der Waals surface area contributed by atoms with Gasteiger partial charge >= 0.3 is 0 Å². The van der Waals surface area contributed by atoms with Crippen LogP contribution in [0.2, 0.25) is 20.1 Å². The van der Waals surface area contributed by atoms with Gasteiger partial charge in [-0.05, 0) is 48.2 Å². The van der Waals surface area contributed by atoms with E-state index in [1.54, 1.807) is 29.2 Å². The van der Waals surface area contributed by atoms with Crippen molar-refractivity contribution < 1.29 is 9.59 Å². The monoisotopic (exact) mass is 548 g/mol. The maximum atomic E-state index is 13.3. The number of amides is 2. The molecule has 0 heterocycles. The molecular formula is C24H28Cl4N2O2S. The van der Waals surface area contributed by atoms with Gasteiger partial charge < -0.3 is 10.2 Å². The van der Waals surface area contributed by atoms with Gasteiger partial charge in [0.1, 0.15) is 6.04 Å². The largest absolute Gasteiger partial charge is 0.354 e. The maximum Gasteiger partial charge on any atom is 0.242 e. The summed E-state index contributed by atoms with van der Waals surface area (Å²) in [5.74, 6) is 0.486. The third kappa shape index (κ3) is 8.88. The first kappa shape index (κ1) is 28.1. The fourth-order valence-electron chi connectivity index (χ4n) is 3.23. The molecule has 0 aliphatic rings. The van der Waals surface area contributed by atoms with Crippen LogP contribution >= 0.6 is 58.2 Å². The Labute approximate surface area is 220 Å². The number of unbranched alkanes of at least 4 members (excludes halogenated alkanes) is 1. The topological polar surface area (TPSA) is 49.4 Å². The predicted octanol–water partition coefficient (Wildman–Crippen LogP) is 7.26. The van der Waals surface area contributed by atoms with Crippen molar-refractivity contribution in [1.82, 2.24) is 10.2 Å². The summed E-state index contributed by atoms with van der Waals surface area (Å²) in [5, 5.41) is 4.94. The van der Waals surface area contributed by atoms with Crippen molar-refractivity contribution in [2.24, 2.45) is 0 Å². The second kappa shape index (κ2) is 14.3. The van der Waals surface area contributed by atoms with Crippen molar-refractivity contribution in [3.8, 4) is 0 Å². The second-order valence-corrected chi connectivity index (χ2v) is 10.2. The number of hydrogen-bond acceptors (Lipinski definition) is 3. The van der Waals surface area contributed by atoms with Crippen LogP contribution < -0.4 is 5.32 Å². The Morgan fingerprint density at radius 2 is 1.76 bits per heavy atom. The lowest BCUT2D eigenvalue weighted by molar-refractivity contribution is -0.139. The molecular weight excluding hydrogens is 522 g/mol. The van der Waals surface area contributed by atoms with Crippen LogP contribution in [0.25, 0.3) is 0 Å². The highest BCUT2D eigenvalue weighted by atomic mass is 35.5. The summed E-state index contributed by atoms with van der Waals surface area (Å²) in [4.78, 5) is 27.8. The third-order valence-corrected chi connectivity index (χ3v) is 7.34. The summed E-state index contributed by atoms with van der Waals surface area (Å²) in [6, 6.07) is 9.97. The normalized spacial score (nSPS) is 11.8. The van der Waals surface area contributed by atoms with Gasteiger partial charge in [0.2, 0.25) is 11.8 Å². The van der Waals surface area contributed by atoms with Crippen molar-refractivity contribution in [2.75, 3.05) is 12.3 Å². The first-order chi connectivity index (χ1) is 15.8. The lowest BCUT2D eigenvalue weighted by atomic mass is 10.1. The van der Waals surface area contributed by atoms with E-state index in [0.717, 1.165) is 24.0 Å². The average molecular weight is 550 g/mol. The van der Waals surface area contributed by atoms with E-state index in [-0.39, 0.29) is 24.1 Å². The van der Waals surface area contributed by atoms with E-state index in [0.29, 0.717) is 38.8 Å². The summed E-state index contributed by atoms with van der Waals surface area (Å²) >= 11 is 25.9. The number of carbonyl (C=O) groups is 2. The summed E-state index contributed by atoms with van der Waals surface area (Å²) in [7, 11) is 0. The molecule has 0 saturated heterocycles. The Morgan fingerprint density at radius 1 is 1.00 bits per heavy atom. The zero-order valence-corrected chi connectivity index (χ0v) is 22.5. The van der Waals surface area contributed by atoms with Gasteiger partial charge in [-0.1, -0.05) is 78.8 Å². The van der Waals surface area contributed by atoms with E-state index in [1.807, 2.05) is 19.1 Å². The number of halogens is 4. The molecule has 0 aliphatic carbocycles. The molecule has 0 aromatic heterocycles. The molecule has 4 nitrogen and oxygen atoms in total. The van der Waals surface area contributed by atoms with Crippen LogP contribution in [0.15, 0.2) is 36.4 Å². The van der Waals surface area contributed by atoms with Gasteiger partial charge in [-0.3, -0.25) is 9.59 Å². The molecule has 0 fully saturated rings. The predicted molar refractivity (Wildman–Crippen MR) is 142 cm³/mol. The number of benzene rings is 2. The van der Waals surface area contributed by atoms with Crippen LogP contribution in [0.1, 0.15) is 44.2 Å². The van der Waals surface area contributed by atoms with Gasteiger partial charge in [0.05, 0.1) is 15.8 Å². The molecule has 2 rings (SSSR count). The molecule has 9 heteroatoms. The van der Waals surface area contributed by atoms with Gasteiger partial charge in [-0.2, -0.15) is 0 Å². The van der Waals surface area contributed by atoms with E-state index in [4.69, 9.17) is 46.4 Å². The Kier molecular flexibility index (Phi) is 12.2. The molecule has 33 heavy (non-hydrogen) atoms. The summed E-state index contributed by atoms with van der Waals surface area (Å²) in [6.45, 7) is 4.82. The third-order valence-electron chi connectivity index (χ3n) is 5.05. The van der Waals surface area contributed by atoms with Crippen molar-refractivity contribution in [3.63, 3.8) is 0 Å². The lowest BCUT2D eigenvalue weighted by Crippen LogP contribution is -2.49. The first-order valence-corrected chi connectivity index (χ1v) is 13.5. The number of rotatable bonds is 12. The summed E-state index contributed by atoms with van der Waals surface area (Å²) < 4.78 is 0. The van der Waals surface area contributed by atoms with Gasteiger partial charge in [0.15, 0.2) is 0 Å². The molecule has 0 bridgehead atoms. The first-order valence-electron chi connectivity index (χ1n) is 10.8. The van der Waals surface area contributed by atoms with E-state index in [9.17, 15) is 9.59 Å². The van der Waals surface area contributed by atoms with Gasteiger partial charge in [-0.25, -0.2) is 0 Å². The molecule has 0 saturated carbocycles. The Bertz CT molecular complexity index is 958. The van der Waals surface area contributed by atoms with E-state index < -0.39 is 6.04 Å². The molecule has 180 valence electrons. The van der Waals surface area contributed by atoms with E-state index in [1.165, 1.54) is 11.8 Å². The zero-order valence-electron chi connectivity index (χ0n) is 18.7. The Morgan fingerprint density at radius 3 is 2.39 bits per heavy atom. The average Bonchev–Trinajstić information content (AvgIpc) is 2.77. The van der Waals surface area contributed by atoms with Gasteiger partial charge in [0.25, 0.3) is 0 Å². The maximum absolute atomic E-state index is 13.3. The van der Waals surface area contributed by atoms with Crippen molar-refractivity contribution in [2.45, 2.75) is 51.4 Å². The van der Waals surface area contributed by atoms with Crippen LogP contribution in [0.4, 0.5) is 0 Å². The summed E-state index contributed by atoms with van der Waals surface area (Å²) in [6.07, 6.45) is 2.37. The Balaban J connectivity index is 2.15. The van der Waals surface area contributed by atoms with Crippen LogP contribution in [-0.4, -0.2) is 35.1 Å². The highest BCUT2D eigenvalue weighted by Crippen LogP contribution is 2.26. The minimum Gasteiger partial charge on any atom is -0.354 e. The lowest BCUT2D eigenvalue weighted by Gasteiger charge is -2.30. The smallest absolute Gasteiger partial charge is 0.242 e. The highest BCUT2D eigenvalue weighted by Gasteiger charge is 2.28. The molecule has 1 atom stereocenters. The minimum atomic E-state index is -0.580. The van der Waals surface area contributed by atoms with E-state index >= 15 is 0 Å². The number of carbonyl (C=O) groups excluding carboxylic acids is 2. The van der Waals surface area contributed by atoms with Crippen LogP contribution in [0.5, 0.6) is 0 Å². The molecule has 1 N–H and O–H groups in total. The number of nitrogens with one attached hydrogen (secondary N) is 1. The fraction of sp³-hybridized carbons (Fsp3) is 0.417. The van der Waals surface area contributed by atoms with Crippen LogP contribution in [-0.2, 0) is 21.9 Å². The molecule has 2 aromatic carbocycles. The molecule has 0 spiro atoms. The Hall–Kier alpha value is -1.11. The zero-order chi connectivity index (χ0) is 24.4. The molecule has 0 aliphatic heterocycles. The van der Waals surface area contributed by atoms with Crippen molar-refractivity contribution >= 4 is 70.0 Å². The molecule has 0 unspecified atom stereocenters. The van der Waals surface area contributed by atoms with Crippen molar-refractivity contribution in [1.29, 1.82) is 0 Å². The minimum absolute atomic E-state index is 0.131. The van der Waals surface area contributed by atoms with E-state index in [2.05, 4.69) is 12.2 Å². The van der Waals surface area contributed by atoms with Crippen LogP contribution in [0.3, 0.4) is 0 Å². The molecule has 2 aromatic rings. The number of hydrogen-bond donors (Lipinski definition) is 1.